The fourth-order valence-electron chi connectivity index (χ4n) is 1.12. The molecule has 0 bridgehead atoms. The third kappa shape index (κ3) is 11.1. The van der Waals surface area contributed by atoms with E-state index in [0.29, 0.717) is 13.1 Å². The van der Waals surface area contributed by atoms with Crippen molar-refractivity contribution >= 4 is 5.91 Å². The summed E-state index contributed by atoms with van der Waals surface area (Å²) in [4.78, 5) is 13.2. The van der Waals surface area contributed by atoms with Crippen molar-refractivity contribution in [3.8, 4) is 0 Å². The van der Waals surface area contributed by atoms with Gasteiger partial charge in [-0.1, -0.05) is 25.5 Å². The Hall–Kier alpha value is -0.830. The Balaban J connectivity index is 3.31. The highest BCUT2D eigenvalue weighted by Gasteiger charge is 1.99. The van der Waals surface area contributed by atoms with Gasteiger partial charge in [0.1, 0.15) is 0 Å². The second-order valence-electron chi connectivity index (χ2n) is 3.99. The quantitative estimate of drug-likeness (QED) is 0.380. The summed E-state index contributed by atoms with van der Waals surface area (Å²) in [7, 11) is 3.88. The van der Waals surface area contributed by atoms with Crippen LogP contribution in [-0.2, 0) is 4.79 Å². The molecular formula is C12H24N2O. The van der Waals surface area contributed by atoms with Crippen LogP contribution in [0.5, 0.6) is 0 Å². The topological polar surface area (TPSA) is 32.3 Å². The van der Waals surface area contributed by atoms with Crippen LogP contribution < -0.4 is 5.32 Å². The zero-order chi connectivity index (χ0) is 11.5. The summed E-state index contributed by atoms with van der Waals surface area (Å²) in [5.41, 5.74) is 0. The van der Waals surface area contributed by atoms with Crippen molar-refractivity contribution in [2.45, 2.75) is 39.0 Å². The van der Waals surface area contributed by atoms with E-state index in [4.69, 9.17) is 0 Å². The summed E-state index contributed by atoms with van der Waals surface area (Å²) in [6, 6.07) is 0. The lowest BCUT2D eigenvalue weighted by Crippen LogP contribution is -2.32. The standard InChI is InChI=1S/C12H24N2O/c1-4-5-6-7-8-9-10-12(15)13-11-14(2)3/h6-7H,4-5,8-11H2,1-3H3,(H,13,15)/b7-6+. The van der Waals surface area contributed by atoms with Crippen LogP contribution in [-0.4, -0.2) is 31.6 Å². The molecule has 0 atom stereocenters. The summed E-state index contributed by atoms with van der Waals surface area (Å²) < 4.78 is 0. The number of hydrogen-bond acceptors (Lipinski definition) is 2. The third-order valence-corrected chi connectivity index (χ3v) is 1.99. The van der Waals surface area contributed by atoms with E-state index in [1.165, 1.54) is 6.42 Å². The van der Waals surface area contributed by atoms with Gasteiger partial charge in [-0.25, -0.2) is 0 Å². The molecule has 0 radical (unpaired) electrons. The summed E-state index contributed by atoms with van der Waals surface area (Å²) in [5.74, 6) is 0.146. The maximum Gasteiger partial charge on any atom is 0.221 e. The van der Waals surface area contributed by atoms with E-state index in [1.807, 2.05) is 19.0 Å². The molecule has 0 aromatic rings. The van der Waals surface area contributed by atoms with Gasteiger partial charge in [0.15, 0.2) is 0 Å². The second-order valence-corrected chi connectivity index (χ2v) is 3.99. The molecule has 0 aliphatic heterocycles. The minimum atomic E-state index is 0.146. The van der Waals surface area contributed by atoms with Crippen LogP contribution in [0.25, 0.3) is 0 Å². The fraction of sp³-hybridized carbons (Fsp3) is 0.750. The molecule has 0 fully saturated rings. The molecule has 0 aromatic carbocycles. The highest BCUT2D eigenvalue weighted by molar-refractivity contribution is 5.75. The monoisotopic (exact) mass is 212 g/mol. The Morgan fingerprint density at radius 1 is 1.27 bits per heavy atom. The maximum absolute atomic E-state index is 11.3. The number of carbonyl (C=O) groups excluding carboxylic acids is 1. The third-order valence-electron chi connectivity index (χ3n) is 1.99. The number of nitrogens with zero attached hydrogens (tertiary/aromatic N) is 1. The van der Waals surface area contributed by atoms with Crippen LogP contribution in [0.4, 0.5) is 0 Å². The van der Waals surface area contributed by atoms with Crippen molar-refractivity contribution in [3.63, 3.8) is 0 Å². The van der Waals surface area contributed by atoms with Crippen LogP contribution >= 0.6 is 0 Å². The second kappa shape index (κ2) is 9.71. The molecule has 0 aromatic heterocycles. The zero-order valence-electron chi connectivity index (χ0n) is 10.3. The van der Waals surface area contributed by atoms with Gasteiger partial charge in [0.05, 0.1) is 6.67 Å². The van der Waals surface area contributed by atoms with E-state index in [1.54, 1.807) is 0 Å². The number of nitrogens with one attached hydrogen (secondary N) is 1. The summed E-state index contributed by atoms with van der Waals surface area (Å²) in [6.45, 7) is 2.80. The normalized spacial score (nSPS) is 11.2. The van der Waals surface area contributed by atoms with Crippen LogP contribution in [0.2, 0.25) is 0 Å². The number of carbonyl (C=O) groups is 1. The molecule has 0 rings (SSSR count). The number of allylic oxidation sites excluding steroid dienone is 2. The van der Waals surface area contributed by atoms with E-state index in [-0.39, 0.29) is 5.91 Å². The van der Waals surface area contributed by atoms with Gasteiger partial charge in [-0.2, -0.15) is 0 Å². The lowest BCUT2D eigenvalue weighted by molar-refractivity contribution is -0.121. The van der Waals surface area contributed by atoms with Crippen molar-refractivity contribution < 1.29 is 4.79 Å². The zero-order valence-corrected chi connectivity index (χ0v) is 10.3. The van der Waals surface area contributed by atoms with Crippen molar-refractivity contribution in [1.82, 2.24) is 10.2 Å². The molecule has 88 valence electrons. The first-order valence-electron chi connectivity index (χ1n) is 5.73. The van der Waals surface area contributed by atoms with Gasteiger partial charge in [-0.05, 0) is 33.4 Å². The van der Waals surface area contributed by atoms with E-state index >= 15 is 0 Å². The van der Waals surface area contributed by atoms with Gasteiger partial charge in [0, 0.05) is 6.42 Å². The van der Waals surface area contributed by atoms with Gasteiger partial charge in [-0.3, -0.25) is 9.69 Å². The number of amides is 1. The molecule has 3 heteroatoms. The molecule has 1 N–H and O–H groups in total. The Morgan fingerprint density at radius 3 is 2.53 bits per heavy atom. The van der Waals surface area contributed by atoms with Gasteiger partial charge in [0.2, 0.25) is 5.91 Å². The van der Waals surface area contributed by atoms with Gasteiger partial charge in [0.25, 0.3) is 0 Å². The lowest BCUT2D eigenvalue weighted by Gasteiger charge is -2.10. The predicted molar refractivity (Wildman–Crippen MR) is 64.6 cm³/mol. The van der Waals surface area contributed by atoms with Gasteiger partial charge < -0.3 is 5.32 Å². The molecule has 0 unspecified atom stereocenters. The Kier molecular flexibility index (Phi) is 9.18. The van der Waals surface area contributed by atoms with Crippen molar-refractivity contribution in [2.75, 3.05) is 20.8 Å². The molecule has 0 saturated heterocycles. The highest BCUT2D eigenvalue weighted by atomic mass is 16.1. The van der Waals surface area contributed by atoms with E-state index in [9.17, 15) is 4.79 Å². The minimum Gasteiger partial charge on any atom is -0.343 e. The molecule has 0 aliphatic rings. The first kappa shape index (κ1) is 14.2. The number of rotatable bonds is 8. The first-order valence-corrected chi connectivity index (χ1v) is 5.73. The molecule has 0 saturated carbocycles. The molecule has 0 aliphatic carbocycles. The molecule has 15 heavy (non-hydrogen) atoms. The van der Waals surface area contributed by atoms with E-state index in [2.05, 4.69) is 24.4 Å². The maximum atomic E-state index is 11.3. The van der Waals surface area contributed by atoms with E-state index in [0.717, 1.165) is 19.3 Å². The highest BCUT2D eigenvalue weighted by Crippen LogP contribution is 1.98. The smallest absolute Gasteiger partial charge is 0.221 e. The lowest BCUT2D eigenvalue weighted by atomic mass is 10.2. The summed E-state index contributed by atoms with van der Waals surface area (Å²) in [6.07, 6.45) is 9.28. The van der Waals surface area contributed by atoms with Crippen LogP contribution in [0, 0.1) is 0 Å². The Labute approximate surface area is 93.5 Å². The predicted octanol–water partition coefficient (Wildman–Crippen LogP) is 2.15. The molecule has 1 amide bonds. The van der Waals surface area contributed by atoms with Crippen LogP contribution in [0.1, 0.15) is 39.0 Å². The largest absolute Gasteiger partial charge is 0.343 e. The van der Waals surface area contributed by atoms with E-state index < -0.39 is 0 Å². The average molecular weight is 212 g/mol. The molecule has 3 nitrogen and oxygen atoms in total. The number of unbranched alkanes of at least 4 members (excludes halogenated alkanes) is 2. The van der Waals surface area contributed by atoms with Gasteiger partial charge >= 0.3 is 0 Å². The Bertz CT molecular complexity index is 188. The van der Waals surface area contributed by atoms with Gasteiger partial charge in [-0.15, -0.1) is 0 Å². The number of hydrogen-bond donors (Lipinski definition) is 1. The SMILES string of the molecule is CCC/C=C/CCCC(=O)NCN(C)C. The summed E-state index contributed by atoms with van der Waals surface area (Å²) in [5, 5.41) is 2.85. The first-order chi connectivity index (χ1) is 7.16. The van der Waals surface area contributed by atoms with Crippen molar-refractivity contribution in [3.05, 3.63) is 12.2 Å². The molecule has 0 spiro atoms. The average Bonchev–Trinajstić information content (AvgIpc) is 2.20. The molecular weight excluding hydrogens is 188 g/mol. The van der Waals surface area contributed by atoms with Crippen molar-refractivity contribution in [1.29, 1.82) is 0 Å². The Morgan fingerprint density at radius 2 is 1.93 bits per heavy atom. The van der Waals surface area contributed by atoms with Crippen molar-refractivity contribution in [2.24, 2.45) is 0 Å². The van der Waals surface area contributed by atoms with Crippen LogP contribution in [0.3, 0.4) is 0 Å². The minimum absolute atomic E-state index is 0.146. The summed E-state index contributed by atoms with van der Waals surface area (Å²) >= 11 is 0. The van der Waals surface area contributed by atoms with Crippen LogP contribution in [0.15, 0.2) is 12.2 Å². The fourth-order valence-corrected chi connectivity index (χ4v) is 1.12. The molecule has 0 heterocycles.